The van der Waals surface area contributed by atoms with Crippen molar-refractivity contribution < 1.29 is 51.9 Å². The van der Waals surface area contributed by atoms with Crippen molar-refractivity contribution >= 4 is 25.3 Å². The Morgan fingerprint density at radius 2 is 1.47 bits per heavy atom. The summed E-state index contributed by atoms with van der Waals surface area (Å²) in [4.78, 5) is 34.2. The highest BCUT2D eigenvalue weighted by Crippen LogP contribution is 2.59. The third-order valence-corrected chi connectivity index (χ3v) is 5.33. The molecular weight excluding hydrogens is 306 g/mol. The number of aliphatic hydroxyl groups excluding tert-OH is 1. The van der Waals surface area contributed by atoms with Crippen LogP contribution >= 0.6 is 15.2 Å². The summed E-state index contributed by atoms with van der Waals surface area (Å²) >= 11 is 0. The van der Waals surface area contributed by atoms with Gasteiger partial charge in [0, 0.05) is 0 Å². The van der Waals surface area contributed by atoms with Crippen molar-refractivity contribution in [2.75, 3.05) is 5.75 Å². The maximum atomic E-state index is 10.8. The Labute approximate surface area is 94.8 Å². The number of rotatable bonds is 5. The van der Waals surface area contributed by atoms with E-state index in [0.29, 0.717) is 0 Å². The third-order valence-electron chi connectivity index (χ3n) is 1.63. The van der Waals surface area contributed by atoms with E-state index >= 15 is 0 Å². The zero-order chi connectivity index (χ0) is 14.3. The van der Waals surface area contributed by atoms with Crippen LogP contribution in [0.3, 0.4) is 0 Å². The molecule has 2 unspecified atom stereocenters. The number of hydrogen-bond acceptors (Lipinski definition) is 6. The van der Waals surface area contributed by atoms with Crippen LogP contribution in [-0.2, 0) is 19.2 Å². The van der Waals surface area contributed by atoms with Crippen LogP contribution in [-0.4, -0.2) is 59.7 Å². The molecule has 0 aliphatic heterocycles. The number of aliphatic hydroxyl groups is 2. The Balaban J connectivity index is 5.76. The van der Waals surface area contributed by atoms with Gasteiger partial charge in [-0.2, -0.15) is 8.42 Å². The molecule has 11 nitrogen and oxygen atoms in total. The summed E-state index contributed by atoms with van der Waals surface area (Å²) in [6.07, 6.45) is 0. The molecule has 0 bridgehead atoms. The molecule has 0 aromatic heterocycles. The van der Waals surface area contributed by atoms with Crippen molar-refractivity contribution in [3.05, 3.63) is 0 Å². The van der Waals surface area contributed by atoms with Gasteiger partial charge in [0.25, 0.3) is 10.1 Å². The van der Waals surface area contributed by atoms with E-state index in [1.54, 1.807) is 0 Å². The highest BCUT2D eigenvalue weighted by molar-refractivity contribution is 7.86. The van der Waals surface area contributed by atoms with Crippen molar-refractivity contribution in [3.63, 3.8) is 0 Å². The van der Waals surface area contributed by atoms with E-state index in [9.17, 15) is 22.7 Å². The summed E-state index contributed by atoms with van der Waals surface area (Å²) in [5.41, 5.74) is 0. The zero-order valence-corrected chi connectivity index (χ0v) is 10.5. The molecule has 0 spiro atoms. The van der Waals surface area contributed by atoms with Crippen molar-refractivity contribution in [2.24, 2.45) is 0 Å². The molecule has 0 aliphatic carbocycles. The maximum absolute atomic E-state index is 10.8. The SMILES string of the molecule is O=P(O)(O)C(O)C(O)(CS(=O)(=O)O)P(=O)(O)O. The van der Waals surface area contributed by atoms with Crippen molar-refractivity contribution in [1.29, 1.82) is 0 Å². The fraction of sp³-hybridized carbons (Fsp3) is 1.00. The topological polar surface area (TPSA) is 210 Å². The molecule has 0 aliphatic rings. The van der Waals surface area contributed by atoms with Crippen LogP contribution in [0.25, 0.3) is 0 Å². The van der Waals surface area contributed by atoms with Gasteiger partial charge in [0.2, 0.25) is 5.34 Å². The predicted octanol–water partition coefficient (Wildman–Crippen LogP) is -2.76. The molecule has 17 heavy (non-hydrogen) atoms. The Morgan fingerprint density at radius 1 is 1.12 bits per heavy atom. The summed E-state index contributed by atoms with van der Waals surface area (Å²) in [6.45, 7) is 0. The second-order valence-corrected chi connectivity index (χ2v) is 8.09. The molecule has 2 atom stereocenters. The van der Waals surface area contributed by atoms with E-state index in [0.717, 1.165) is 0 Å². The summed E-state index contributed by atoms with van der Waals surface area (Å²) in [5.74, 6) is -5.52. The second-order valence-electron chi connectivity index (χ2n) is 3.11. The maximum Gasteiger partial charge on any atom is 0.361 e. The van der Waals surface area contributed by atoms with Crippen LogP contribution < -0.4 is 0 Å². The molecular formula is C3H10O11P2S. The van der Waals surface area contributed by atoms with Crippen LogP contribution in [0.4, 0.5) is 0 Å². The average molecular weight is 316 g/mol. The molecule has 0 saturated heterocycles. The van der Waals surface area contributed by atoms with Gasteiger partial charge in [-0.3, -0.25) is 13.7 Å². The molecule has 104 valence electrons. The Hall–Kier alpha value is 0.130. The minimum atomic E-state index is -5.86. The highest BCUT2D eigenvalue weighted by Gasteiger charge is 2.60. The zero-order valence-electron chi connectivity index (χ0n) is 7.85. The van der Waals surface area contributed by atoms with Crippen LogP contribution in [0.5, 0.6) is 0 Å². The third kappa shape index (κ3) is 4.38. The molecule has 0 aromatic carbocycles. The van der Waals surface area contributed by atoms with Gasteiger partial charge in [0.1, 0.15) is 5.75 Å². The van der Waals surface area contributed by atoms with Crippen LogP contribution in [0.2, 0.25) is 0 Å². The fourth-order valence-corrected chi connectivity index (χ4v) is 4.66. The van der Waals surface area contributed by atoms with Gasteiger partial charge < -0.3 is 29.8 Å². The van der Waals surface area contributed by atoms with Crippen molar-refractivity contribution in [3.8, 4) is 0 Å². The quantitative estimate of drug-likeness (QED) is 0.204. The van der Waals surface area contributed by atoms with Gasteiger partial charge in [-0.05, 0) is 0 Å². The van der Waals surface area contributed by atoms with Gasteiger partial charge in [-0.1, -0.05) is 0 Å². The lowest BCUT2D eigenvalue weighted by atomic mass is 10.4. The number of hydrogen-bond donors (Lipinski definition) is 7. The van der Waals surface area contributed by atoms with Gasteiger partial charge in [-0.25, -0.2) is 0 Å². The van der Waals surface area contributed by atoms with E-state index in [2.05, 4.69) is 0 Å². The lowest BCUT2D eigenvalue weighted by Gasteiger charge is -2.31. The molecule has 0 aromatic rings. The average Bonchev–Trinajstić information content (AvgIpc) is 1.95. The van der Waals surface area contributed by atoms with Crippen molar-refractivity contribution in [2.45, 2.75) is 11.2 Å². The molecule has 0 rings (SSSR count). The summed E-state index contributed by atoms with van der Waals surface area (Å²) in [6, 6.07) is 0. The molecule has 0 fully saturated rings. The summed E-state index contributed by atoms with van der Waals surface area (Å²) in [5, 5.41) is 14.2. The Kier molecular flexibility index (Phi) is 4.70. The summed E-state index contributed by atoms with van der Waals surface area (Å²) < 4.78 is 50.5. The van der Waals surface area contributed by atoms with Gasteiger partial charge in [0.05, 0.1) is 0 Å². The van der Waals surface area contributed by atoms with Crippen LogP contribution in [0.15, 0.2) is 0 Å². The monoisotopic (exact) mass is 316 g/mol. The van der Waals surface area contributed by atoms with Crippen LogP contribution in [0.1, 0.15) is 0 Å². The second kappa shape index (κ2) is 4.67. The molecule has 0 saturated carbocycles. The van der Waals surface area contributed by atoms with Crippen LogP contribution in [0, 0.1) is 0 Å². The normalized spacial score (nSPS) is 19.7. The van der Waals surface area contributed by atoms with E-state index in [-0.39, 0.29) is 0 Å². The van der Waals surface area contributed by atoms with Gasteiger partial charge in [0.15, 0.2) is 5.85 Å². The minimum absolute atomic E-state index is 2.14. The standard InChI is InChI=1S/C3H10O11P2S/c4-2(15(6,7)8)3(5,16(9,10)11)1-17(12,13)14/h2,4-5H,1H2,(H2,6,7,8)(H2,9,10,11)(H,12,13,14). The lowest BCUT2D eigenvalue weighted by Crippen LogP contribution is -2.47. The predicted molar refractivity (Wildman–Crippen MR) is 51.5 cm³/mol. The first-order valence-electron chi connectivity index (χ1n) is 3.58. The highest BCUT2D eigenvalue weighted by atomic mass is 32.2. The largest absolute Gasteiger partial charge is 0.378 e. The van der Waals surface area contributed by atoms with Crippen molar-refractivity contribution in [1.82, 2.24) is 0 Å². The fourth-order valence-electron chi connectivity index (χ4n) is 0.847. The molecule has 7 N–H and O–H groups in total. The van der Waals surface area contributed by atoms with E-state index in [1.807, 2.05) is 0 Å². The van der Waals surface area contributed by atoms with Gasteiger partial charge in [-0.15, -0.1) is 0 Å². The first-order valence-corrected chi connectivity index (χ1v) is 8.48. The summed E-state index contributed by atoms with van der Waals surface area (Å²) in [7, 11) is -16.7. The van der Waals surface area contributed by atoms with E-state index in [1.165, 1.54) is 0 Å². The molecule has 14 heteroatoms. The first kappa shape index (κ1) is 17.1. The minimum Gasteiger partial charge on any atom is -0.378 e. The molecule has 0 heterocycles. The Bertz CT molecular complexity index is 469. The first-order chi connectivity index (χ1) is 7.11. The molecule has 0 radical (unpaired) electrons. The molecule has 0 amide bonds. The van der Waals surface area contributed by atoms with Gasteiger partial charge >= 0.3 is 15.2 Å². The lowest BCUT2D eigenvalue weighted by molar-refractivity contribution is 0.0129. The Morgan fingerprint density at radius 3 is 1.65 bits per heavy atom. The van der Waals surface area contributed by atoms with E-state index in [4.69, 9.17) is 29.2 Å². The van der Waals surface area contributed by atoms with E-state index < -0.39 is 42.2 Å². The smallest absolute Gasteiger partial charge is 0.361 e.